The van der Waals surface area contributed by atoms with Crippen LogP contribution >= 0.6 is 11.6 Å². The first-order valence-corrected chi connectivity index (χ1v) is 7.73. The van der Waals surface area contributed by atoms with Crippen molar-refractivity contribution in [1.29, 1.82) is 0 Å². The molecule has 120 valence electrons. The van der Waals surface area contributed by atoms with Crippen LogP contribution in [0.5, 0.6) is 5.75 Å². The van der Waals surface area contributed by atoms with Crippen molar-refractivity contribution < 1.29 is 15.3 Å². The van der Waals surface area contributed by atoms with Crippen molar-refractivity contribution in [3.8, 4) is 5.75 Å². The Morgan fingerprint density at radius 1 is 1.00 bits per heavy atom. The summed E-state index contributed by atoms with van der Waals surface area (Å²) in [4.78, 5) is 0. The molecule has 0 amide bonds. The molecular formula is C17H27ClO3. The second-order valence-corrected chi connectivity index (χ2v) is 7.94. The minimum absolute atomic E-state index is 0.0344. The molecular weight excluding hydrogens is 288 g/mol. The summed E-state index contributed by atoms with van der Waals surface area (Å²) in [5.74, 6) is -0.0576. The van der Waals surface area contributed by atoms with Crippen molar-refractivity contribution in [3.05, 3.63) is 28.8 Å². The third-order valence-corrected chi connectivity index (χ3v) is 3.97. The first-order chi connectivity index (χ1) is 9.39. The lowest BCUT2D eigenvalue weighted by atomic mass is 9.78. The van der Waals surface area contributed by atoms with E-state index in [9.17, 15) is 15.3 Å². The largest absolute Gasteiger partial charge is 0.507 e. The van der Waals surface area contributed by atoms with Crippen LogP contribution in [0.25, 0.3) is 0 Å². The predicted molar refractivity (Wildman–Crippen MR) is 87.2 cm³/mol. The molecule has 0 spiro atoms. The quantitative estimate of drug-likeness (QED) is 0.747. The van der Waals surface area contributed by atoms with E-state index in [1.54, 1.807) is 6.07 Å². The van der Waals surface area contributed by atoms with E-state index in [2.05, 4.69) is 20.8 Å². The highest BCUT2D eigenvalue weighted by atomic mass is 35.5. The van der Waals surface area contributed by atoms with Gasteiger partial charge in [0.15, 0.2) is 0 Å². The maximum absolute atomic E-state index is 10.5. The van der Waals surface area contributed by atoms with Gasteiger partial charge in [-0.2, -0.15) is 0 Å². The van der Waals surface area contributed by atoms with Gasteiger partial charge >= 0.3 is 0 Å². The van der Waals surface area contributed by atoms with Crippen LogP contribution < -0.4 is 0 Å². The summed E-state index contributed by atoms with van der Waals surface area (Å²) in [5, 5.41) is 30.6. The van der Waals surface area contributed by atoms with Gasteiger partial charge < -0.3 is 15.3 Å². The second kappa shape index (κ2) is 6.15. The van der Waals surface area contributed by atoms with Gasteiger partial charge in [-0.1, -0.05) is 47.6 Å². The van der Waals surface area contributed by atoms with E-state index in [1.165, 1.54) is 0 Å². The normalized spacial score (nSPS) is 15.9. The molecule has 0 saturated heterocycles. The smallest absolute Gasteiger partial charge is 0.125 e. The monoisotopic (exact) mass is 314 g/mol. The standard InChI is InChI=1S/C17H27ClO3/c1-16(2,3)10-7-11(15(21)13(19)9-18)14(20)12(8-10)17(4,5)6/h7-8,13,15,19-21H,9H2,1-6H3. The van der Waals surface area contributed by atoms with Crippen LogP contribution in [-0.4, -0.2) is 27.3 Å². The summed E-state index contributed by atoms with van der Waals surface area (Å²) in [6.07, 6.45) is -2.31. The Bertz CT molecular complexity index is 498. The Morgan fingerprint density at radius 2 is 1.52 bits per heavy atom. The summed E-state index contributed by atoms with van der Waals surface area (Å²) in [7, 11) is 0. The molecule has 2 unspecified atom stereocenters. The lowest BCUT2D eigenvalue weighted by Gasteiger charge is -2.29. The molecule has 2 atom stereocenters. The number of hydrogen-bond donors (Lipinski definition) is 3. The van der Waals surface area contributed by atoms with Gasteiger partial charge in [-0.3, -0.25) is 0 Å². The van der Waals surface area contributed by atoms with Gasteiger partial charge in [0.05, 0.1) is 12.0 Å². The highest BCUT2D eigenvalue weighted by Crippen LogP contribution is 2.40. The van der Waals surface area contributed by atoms with Crippen LogP contribution in [0.1, 0.15) is 64.3 Å². The third kappa shape index (κ3) is 4.12. The van der Waals surface area contributed by atoms with Crippen molar-refractivity contribution in [3.63, 3.8) is 0 Å². The average molecular weight is 315 g/mol. The van der Waals surface area contributed by atoms with Gasteiger partial charge in [0.25, 0.3) is 0 Å². The highest BCUT2D eigenvalue weighted by Gasteiger charge is 2.29. The summed E-state index contributed by atoms with van der Waals surface area (Å²) < 4.78 is 0. The van der Waals surface area contributed by atoms with Gasteiger partial charge in [0, 0.05) is 5.56 Å². The van der Waals surface area contributed by atoms with Crippen LogP contribution in [-0.2, 0) is 10.8 Å². The van der Waals surface area contributed by atoms with Crippen LogP contribution in [0.2, 0.25) is 0 Å². The lowest BCUT2D eigenvalue weighted by molar-refractivity contribution is 0.0310. The minimum Gasteiger partial charge on any atom is -0.507 e. The van der Waals surface area contributed by atoms with E-state index >= 15 is 0 Å². The maximum atomic E-state index is 10.5. The predicted octanol–water partition coefficient (Wildman–Crippen LogP) is 3.62. The zero-order valence-corrected chi connectivity index (χ0v) is 14.5. The number of phenols is 1. The summed E-state index contributed by atoms with van der Waals surface area (Å²) >= 11 is 5.62. The number of aliphatic hydroxyl groups is 2. The van der Waals surface area contributed by atoms with Gasteiger partial charge in [-0.25, -0.2) is 0 Å². The molecule has 21 heavy (non-hydrogen) atoms. The fraction of sp³-hybridized carbons (Fsp3) is 0.647. The molecule has 3 N–H and O–H groups in total. The Morgan fingerprint density at radius 3 is 1.90 bits per heavy atom. The molecule has 0 aliphatic rings. The Labute approximate surface area is 132 Å². The molecule has 4 heteroatoms. The van der Waals surface area contributed by atoms with Gasteiger partial charge in [-0.15, -0.1) is 11.6 Å². The molecule has 0 aromatic heterocycles. The number of aromatic hydroxyl groups is 1. The minimum atomic E-state index is -1.20. The van der Waals surface area contributed by atoms with Crippen LogP contribution in [0.3, 0.4) is 0 Å². The molecule has 0 aliphatic heterocycles. The summed E-state index contributed by atoms with van der Waals surface area (Å²) in [5.41, 5.74) is 1.69. The maximum Gasteiger partial charge on any atom is 0.125 e. The van der Waals surface area contributed by atoms with Crippen molar-refractivity contribution in [2.45, 2.75) is 64.6 Å². The molecule has 0 saturated carbocycles. The number of alkyl halides is 1. The zero-order valence-electron chi connectivity index (χ0n) is 13.7. The zero-order chi connectivity index (χ0) is 16.6. The lowest BCUT2D eigenvalue weighted by Crippen LogP contribution is -2.23. The Hall–Kier alpha value is -0.770. The Kier molecular flexibility index (Phi) is 5.36. The number of hydrogen-bond acceptors (Lipinski definition) is 3. The number of benzene rings is 1. The molecule has 0 radical (unpaired) electrons. The van der Waals surface area contributed by atoms with Crippen LogP contribution in [0.15, 0.2) is 12.1 Å². The highest BCUT2D eigenvalue weighted by molar-refractivity contribution is 6.18. The average Bonchev–Trinajstić information content (AvgIpc) is 2.34. The molecule has 0 fully saturated rings. The van der Waals surface area contributed by atoms with Gasteiger partial charge in [-0.05, 0) is 28.0 Å². The number of phenolic OH excluding ortho intramolecular Hbond substituents is 1. The van der Waals surface area contributed by atoms with E-state index in [4.69, 9.17) is 11.6 Å². The first-order valence-electron chi connectivity index (χ1n) is 7.19. The third-order valence-electron chi connectivity index (χ3n) is 3.65. The number of aliphatic hydroxyl groups excluding tert-OH is 2. The van der Waals surface area contributed by atoms with Crippen molar-refractivity contribution in [1.82, 2.24) is 0 Å². The molecule has 1 aromatic carbocycles. The second-order valence-electron chi connectivity index (χ2n) is 7.63. The fourth-order valence-electron chi connectivity index (χ4n) is 2.18. The van der Waals surface area contributed by atoms with Gasteiger partial charge in [0.2, 0.25) is 0 Å². The van der Waals surface area contributed by atoms with E-state index < -0.39 is 12.2 Å². The first kappa shape index (κ1) is 18.3. The number of halogens is 1. The van der Waals surface area contributed by atoms with Crippen molar-refractivity contribution in [2.75, 3.05) is 5.88 Å². The van der Waals surface area contributed by atoms with E-state index in [1.807, 2.05) is 26.8 Å². The van der Waals surface area contributed by atoms with E-state index in [0.717, 1.165) is 11.1 Å². The molecule has 0 aliphatic carbocycles. The van der Waals surface area contributed by atoms with E-state index in [-0.39, 0.29) is 22.5 Å². The van der Waals surface area contributed by atoms with E-state index in [0.29, 0.717) is 5.56 Å². The summed E-state index contributed by atoms with van der Waals surface area (Å²) in [6, 6.07) is 3.73. The summed E-state index contributed by atoms with van der Waals surface area (Å²) in [6.45, 7) is 12.2. The van der Waals surface area contributed by atoms with Crippen LogP contribution in [0, 0.1) is 0 Å². The SMILES string of the molecule is CC(C)(C)c1cc(C(O)C(O)CCl)c(O)c(C(C)(C)C)c1. The van der Waals surface area contributed by atoms with Crippen molar-refractivity contribution in [2.24, 2.45) is 0 Å². The topological polar surface area (TPSA) is 60.7 Å². The molecule has 0 bridgehead atoms. The Balaban J connectivity index is 3.56. The molecule has 1 rings (SSSR count). The molecule has 1 aromatic rings. The molecule has 0 heterocycles. The van der Waals surface area contributed by atoms with Crippen LogP contribution in [0.4, 0.5) is 0 Å². The fourth-order valence-corrected chi connectivity index (χ4v) is 2.35. The molecule has 3 nitrogen and oxygen atoms in total. The van der Waals surface area contributed by atoms with Crippen molar-refractivity contribution >= 4 is 11.6 Å². The number of rotatable bonds is 3. The van der Waals surface area contributed by atoms with Gasteiger partial charge in [0.1, 0.15) is 11.9 Å².